The molecule has 0 aliphatic rings. The summed E-state index contributed by atoms with van der Waals surface area (Å²) < 4.78 is 10.7. The second-order valence-electron chi connectivity index (χ2n) is 2.67. The fourth-order valence-corrected chi connectivity index (χ4v) is 1.35. The van der Waals surface area contributed by atoms with Crippen LogP contribution in [0.5, 0.6) is 0 Å². The van der Waals surface area contributed by atoms with Crippen LogP contribution in [0.1, 0.15) is 5.56 Å². The van der Waals surface area contributed by atoms with Gasteiger partial charge in [0.25, 0.3) is 0 Å². The van der Waals surface area contributed by atoms with E-state index in [1.807, 2.05) is 18.5 Å². The van der Waals surface area contributed by atoms with Crippen molar-refractivity contribution in [1.82, 2.24) is 10.3 Å². The molecule has 1 atom stereocenters. The van der Waals surface area contributed by atoms with Crippen molar-refractivity contribution in [2.45, 2.75) is 6.54 Å². The Balaban J connectivity index is 2.07. The molecule has 4 heteroatoms. The topological polar surface area (TPSA) is 44.9 Å². The van der Waals surface area contributed by atoms with Crippen LogP contribution >= 0.6 is 0 Å². The van der Waals surface area contributed by atoms with Crippen molar-refractivity contribution in [3.05, 3.63) is 24.0 Å². The summed E-state index contributed by atoms with van der Waals surface area (Å²) in [5.41, 5.74) is 1.23. The lowest BCUT2D eigenvalue weighted by atomic mass is 10.3. The molecule has 0 aromatic carbocycles. The van der Waals surface area contributed by atoms with Gasteiger partial charge in [0.05, 0.1) is 0 Å². The minimum Gasteiger partial charge on any atom is -0.367 e. The highest BCUT2D eigenvalue weighted by Crippen LogP contribution is 1.93. The molecule has 1 unspecified atom stereocenters. The first-order valence-corrected chi connectivity index (χ1v) is 5.64. The lowest BCUT2D eigenvalue weighted by Crippen LogP contribution is -2.19. The summed E-state index contributed by atoms with van der Waals surface area (Å²) in [6.45, 7) is 1.66. The highest BCUT2D eigenvalue weighted by Gasteiger charge is 1.92. The lowest BCUT2D eigenvalue weighted by Gasteiger charge is -2.00. The van der Waals surface area contributed by atoms with Gasteiger partial charge in [-0.1, -0.05) is 0 Å². The summed E-state index contributed by atoms with van der Waals surface area (Å²) in [5.74, 6) is 0.727. The molecule has 0 radical (unpaired) electrons. The molecule has 0 bridgehead atoms. The van der Waals surface area contributed by atoms with Gasteiger partial charge in [-0.25, -0.2) is 0 Å². The van der Waals surface area contributed by atoms with Gasteiger partial charge in [-0.3, -0.25) is 4.21 Å². The third-order valence-corrected chi connectivity index (χ3v) is 2.34. The van der Waals surface area contributed by atoms with Crippen molar-refractivity contribution < 1.29 is 4.21 Å². The molecule has 0 aliphatic carbocycles. The van der Waals surface area contributed by atoms with Gasteiger partial charge in [-0.15, -0.1) is 0 Å². The molecule has 2 N–H and O–H groups in total. The van der Waals surface area contributed by atoms with Crippen LogP contribution in [0.25, 0.3) is 0 Å². The molecule has 0 spiro atoms. The zero-order chi connectivity index (χ0) is 8.81. The van der Waals surface area contributed by atoms with E-state index in [2.05, 4.69) is 10.3 Å². The summed E-state index contributed by atoms with van der Waals surface area (Å²) in [5, 5.41) is 3.21. The molecular weight excluding hydrogens is 172 g/mol. The average molecular weight is 186 g/mol. The SMILES string of the molecule is CS(=O)CCNCc1cc[nH]c1. The number of hydrogen-bond donors (Lipinski definition) is 2. The Bertz CT molecular complexity index is 233. The van der Waals surface area contributed by atoms with Crippen LogP contribution in [0.4, 0.5) is 0 Å². The summed E-state index contributed by atoms with van der Waals surface area (Å²) in [6, 6.07) is 2.02. The second kappa shape index (κ2) is 5.11. The van der Waals surface area contributed by atoms with Crippen molar-refractivity contribution in [1.29, 1.82) is 0 Å². The Kier molecular flexibility index (Phi) is 4.04. The second-order valence-corrected chi connectivity index (χ2v) is 4.23. The number of H-pyrrole nitrogens is 1. The maximum absolute atomic E-state index is 10.7. The Labute approximate surface area is 75.0 Å². The first-order chi connectivity index (χ1) is 5.79. The summed E-state index contributed by atoms with van der Waals surface area (Å²) >= 11 is 0. The third kappa shape index (κ3) is 3.69. The van der Waals surface area contributed by atoms with Gasteiger partial charge >= 0.3 is 0 Å². The molecule has 12 heavy (non-hydrogen) atoms. The number of rotatable bonds is 5. The first-order valence-electron chi connectivity index (χ1n) is 3.91. The first kappa shape index (κ1) is 9.48. The number of aromatic nitrogens is 1. The summed E-state index contributed by atoms with van der Waals surface area (Å²) in [7, 11) is -0.684. The standard InChI is InChI=1S/C8H14N2OS/c1-12(11)5-4-10-7-8-2-3-9-6-8/h2-3,6,9-10H,4-5,7H2,1H3. The van der Waals surface area contributed by atoms with E-state index in [-0.39, 0.29) is 0 Å². The number of aromatic amines is 1. The quantitative estimate of drug-likeness (QED) is 0.657. The van der Waals surface area contributed by atoms with Crippen LogP contribution in [0.15, 0.2) is 18.5 Å². The Morgan fingerprint density at radius 2 is 2.50 bits per heavy atom. The molecule has 0 fully saturated rings. The Morgan fingerprint density at radius 3 is 3.08 bits per heavy atom. The molecule has 0 amide bonds. The molecule has 68 valence electrons. The molecule has 1 aromatic heterocycles. The molecule has 0 saturated carbocycles. The lowest BCUT2D eigenvalue weighted by molar-refractivity contribution is 0.677. The normalized spacial score (nSPS) is 13.1. The zero-order valence-corrected chi connectivity index (χ0v) is 7.99. The van der Waals surface area contributed by atoms with Gasteiger partial charge in [-0.2, -0.15) is 0 Å². The van der Waals surface area contributed by atoms with Gasteiger partial charge < -0.3 is 10.3 Å². The van der Waals surface area contributed by atoms with E-state index in [0.29, 0.717) is 0 Å². The minimum absolute atomic E-state index is 0.684. The average Bonchev–Trinajstić information content (AvgIpc) is 2.49. The van der Waals surface area contributed by atoms with E-state index in [0.717, 1.165) is 18.8 Å². The Hall–Kier alpha value is -0.610. The maximum Gasteiger partial charge on any atom is 0.0357 e. The van der Waals surface area contributed by atoms with Crippen LogP contribution in [-0.4, -0.2) is 27.7 Å². The molecule has 1 aromatic rings. The van der Waals surface area contributed by atoms with Crippen LogP contribution < -0.4 is 5.32 Å². The van der Waals surface area contributed by atoms with Crippen LogP contribution in [-0.2, 0) is 17.3 Å². The predicted octanol–water partition coefficient (Wildman–Crippen LogP) is 0.483. The monoisotopic (exact) mass is 186 g/mol. The van der Waals surface area contributed by atoms with Crippen LogP contribution in [0.3, 0.4) is 0 Å². The van der Waals surface area contributed by atoms with E-state index in [1.54, 1.807) is 6.26 Å². The molecule has 3 nitrogen and oxygen atoms in total. The zero-order valence-electron chi connectivity index (χ0n) is 7.17. The predicted molar refractivity (Wildman–Crippen MR) is 51.4 cm³/mol. The fraction of sp³-hybridized carbons (Fsp3) is 0.500. The van der Waals surface area contributed by atoms with Crippen LogP contribution in [0.2, 0.25) is 0 Å². The van der Waals surface area contributed by atoms with E-state index in [1.165, 1.54) is 5.56 Å². The highest BCUT2D eigenvalue weighted by molar-refractivity contribution is 7.84. The van der Waals surface area contributed by atoms with Gasteiger partial charge in [0.15, 0.2) is 0 Å². The van der Waals surface area contributed by atoms with Crippen molar-refractivity contribution in [3.8, 4) is 0 Å². The smallest absolute Gasteiger partial charge is 0.0357 e. The van der Waals surface area contributed by atoms with E-state index in [9.17, 15) is 4.21 Å². The van der Waals surface area contributed by atoms with Gasteiger partial charge in [-0.05, 0) is 11.6 Å². The van der Waals surface area contributed by atoms with Crippen molar-refractivity contribution in [3.63, 3.8) is 0 Å². The summed E-state index contributed by atoms with van der Waals surface area (Å²) in [6.07, 6.45) is 5.57. The molecule has 1 rings (SSSR count). The number of nitrogens with one attached hydrogen (secondary N) is 2. The fourth-order valence-electron chi connectivity index (χ4n) is 0.917. The van der Waals surface area contributed by atoms with E-state index < -0.39 is 10.8 Å². The minimum atomic E-state index is -0.684. The number of hydrogen-bond acceptors (Lipinski definition) is 2. The summed E-state index contributed by atoms with van der Waals surface area (Å²) in [4.78, 5) is 2.98. The van der Waals surface area contributed by atoms with Crippen molar-refractivity contribution in [2.75, 3.05) is 18.6 Å². The van der Waals surface area contributed by atoms with E-state index in [4.69, 9.17) is 0 Å². The molecular formula is C8H14N2OS. The molecule has 1 heterocycles. The van der Waals surface area contributed by atoms with Gasteiger partial charge in [0.2, 0.25) is 0 Å². The molecule has 0 saturated heterocycles. The highest BCUT2D eigenvalue weighted by atomic mass is 32.2. The van der Waals surface area contributed by atoms with Gasteiger partial charge in [0, 0.05) is 48.3 Å². The Morgan fingerprint density at radius 1 is 1.67 bits per heavy atom. The van der Waals surface area contributed by atoms with Crippen LogP contribution in [0, 0.1) is 0 Å². The van der Waals surface area contributed by atoms with Gasteiger partial charge in [0.1, 0.15) is 0 Å². The van der Waals surface area contributed by atoms with E-state index >= 15 is 0 Å². The third-order valence-electron chi connectivity index (χ3n) is 1.56. The van der Waals surface area contributed by atoms with Crippen molar-refractivity contribution in [2.24, 2.45) is 0 Å². The molecule has 0 aliphatic heterocycles. The maximum atomic E-state index is 10.7. The largest absolute Gasteiger partial charge is 0.367 e. The van der Waals surface area contributed by atoms with Crippen molar-refractivity contribution >= 4 is 10.8 Å².